The van der Waals surface area contributed by atoms with Crippen LogP contribution in [0.25, 0.3) is 0 Å². The van der Waals surface area contributed by atoms with Gasteiger partial charge in [-0.05, 0) is 36.7 Å². The van der Waals surface area contributed by atoms with Gasteiger partial charge in [-0.15, -0.1) is 0 Å². The van der Waals surface area contributed by atoms with E-state index in [9.17, 15) is 0 Å². The molecular weight excluding hydrogens is 256 g/mol. The lowest BCUT2D eigenvalue weighted by Gasteiger charge is -2.38. The van der Waals surface area contributed by atoms with Crippen molar-refractivity contribution in [1.29, 1.82) is 0 Å². The summed E-state index contributed by atoms with van der Waals surface area (Å²) in [4.78, 5) is 4.63. The molecule has 0 saturated heterocycles. The number of ether oxygens (including phenoxy) is 1. The number of nitrogens with two attached hydrogens (primary N) is 1. The molecule has 1 heterocycles. The summed E-state index contributed by atoms with van der Waals surface area (Å²) in [5.74, 6) is 1.31. The molecule has 3 nitrogen and oxygen atoms in total. The third kappa shape index (κ3) is 3.90. The number of thiocarbonyl (C=S) groups is 1. The molecule has 0 radical (unpaired) electrons. The Bertz CT molecular complexity index is 473. The van der Waals surface area contributed by atoms with E-state index in [-0.39, 0.29) is 6.10 Å². The zero-order valence-electron chi connectivity index (χ0n) is 11.8. The van der Waals surface area contributed by atoms with Crippen molar-refractivity contribution in [2.75, 3.05) is 0 Å². The SMILES string of the molecule is CC1CC(Oc2cc(C(N)=S)ccn2)CC(C)(C)C1. The van der Waals surface area contributed by atoms with Crippen LogP contribution in [0.3, 0.4) is 0 Å². The van der Waals surface area contributed by atoms with Crippen LogP contribution in [0.2, 0.25) is 0 Å². The Labute approximate surface area is 120 Å². The lowest BCUT2D eigenvalue weighted by molar-refractivity contribution is 0.0532. The fraction of sp³-hybridized carbons (Fsp3) is 0.600. The molecule has 19 heavy (non-hydrogen) atoms. The minimum absolute atomic E-state index is 0.229. The molecular formula is C15H22N2OS. The molecule has 2 atom stereocenters. The molecule has 1 aromatic heterocycles. The van der Waals surface area contributed by atoms with Gasteiger partial charge in [0.2, 0.25) is 5.88 Å². The van der Waals surface area contributed by atoms with Gasteiger partial charge in [0.1, 0.15) is 11.1 Å². The van der Waals surface area contributed by atoms with Crippen LogP contribution < -0.4 is 10.5 Å². The molecule has 104 valence electrons. The van der Waals surface area contributed by atoms with Gasteiger partial charge < -0.3 is 10.5 Å². The van der Waals surface area contributed by atoms with Crippen LogP contribution in [0, 0.1) is 11.3 Å². The average molecular weight is 278 g/mol. The van der Waals surface area contributed by atoms with Crippen molar-refractivity contribution in [3.63, 3.8) is 0 Å². The van der Waals surface area contributed by atoms with Crippen molar-refractivity contribution in [3.05, 3.63) is 23.9 Å². The molecule has 2 N–H and O–H groups in total. The normalized spacial score (nSPS) is 25.8. The van der Waals surface area contributed by atoms with E-state index in [1.54, 1.807) is 6.20 Å². The Morgan fingerprint density at radius 2 is 2.21 bits per heavy atom. The van der Waals surface area contributed by atoms with Gasteiger partial charge in [0.05, 0.1) is 0 Å². The van der Waals surface area contributed by atoms with Crippen LogP contribution in [0.4, 0.5) is 0 Å². The number of hydrogen-bond acceptors (Lipinski definition) is 3. The van der Waals surface area contributed by atoms with E-state index in [1.807, 2.05) is 12.1 Å². The lowest BCUT2D eigenvalue weighted by Crippen LogP contribution is -2.34. The largest absolute Gasteiger partial charge is 0.474 e. The van der Waals surface area contributed by atoms with E-state index >= 15 is 0 Å². The second-order valence-electron chi connectivity index (χ2n) is 6.40. The molecule has 0 aromatic carbocycles. The minimum atomic E-state index is 0.229. The first-order chi connectivity index (χ1) is 8.85. The minimum Gasteiger partial charge on any atom is -0.474 e. The fourth-order valence-electron chi connectivity index (χ4n) is 3.15. The summed E-state index contributed by atoms with van der Waals surface area (Å²) in [5, 5.41) is 0. The van der Waals surface area contributed by atoms with E-state index in [0.29, 0.717) is 22.2 Å². The molecule has 0 aliphatic heterocycles. The zero-order chi connectivity index (χ0) is 14.0. The van der Waals surface area contributed by atoms with Gasteiger partial charge in [0.15, 0.2) is 0 Å². The van der Waals surface area contributed by atoms with Crippen LogP contribution in [0.1, 0.15) is 45.6 Å². The van der Waals surface area contributed by atoms with Gasteiger partial charge in [-0.3, -0.25) is 0 Å². The summed E-state index contributed by atoms with van der Waals surface area (Å²) in [6, 6.07) is 3.64. The maximum Gasteiger partial charge on any atom is 0.214 e. The van der Waals surface area contributed by atoms with E-state index in [1.165, 1.54) is 6.42 Å². The monoisotopic (exact) mass is 278 g/mol. The third-order valence-corrected chi connectivity index (χ3v) is 3.89. The van der Waals surface area contributed by atoms with Crippen molar-refractivity contribution >= 4 is 17.2 Å². The topological polar surface area (TPSA) is 48.1 Å². The summed E-state index contributed by atoms with van der Waals surface area (Å²) in [5.41, 5.74) is 6.77. The highest BCUT2D eigenvalue weighted by molar-refractivity contribution is 7.80. The van der Waals surface area contributed by atoms with Crippen LogP contribution in [0.15, 0.2) is 18.3 Å². The predicted molar refractivity (Wildman–Crippen MR) is 81.3 cm³/mol. The molecule has 1 aliphatic carbocycles. The molecule has 1 fully saturated rings. The Hall–Kier alpha value is -1.16. The summed E-state index contributed by atoms with van der Waals surface area (Å²) >= 11 is 4.98. The molecule has 0 bridgehead atoms. The first kappa shape index (κ1) is 14.3. The van der Waals surface area contributed by atoms with Gasteiger partial charge in [-0.2, -0.15) is 0 Å². The van der Waals surface area contributed by atoms with Crippen LogP contribution in [0.5, 0.6) is 5.88 Å². The van der Waals surface area contributed by atoms with Crippen molar-refractivity contribution in [3.8, 4) is 5.88 Å². The maximum absolute atomic E-state index is 6.03. The quantitative estimate of drug-likeness (QED) is 0.862. The number of pyridine rings is 1. The van der Waals surface area contributed by atoms with Crippen molar-refractivity contribution < 1.29 is 4.74 Å². The number of hydrogen-bond donors (Lipinski definition) is 1. The smallest absolute Gasteiger partial charge is 0.214 e. The first-order valence-corrected chi connectivity index (χ1v) is 7.19. The Morgan fingerprint density at radius 3 is 2.84 bits per heavy atom. The van der Waals surface area contributed by atoms with Crippen LogP contribution in [-0.2, 0) is 0 Å². The molecule has 0 amide bonds. The highest BCUT2D eigenvalue weighted by Gasteiger charge is 2.33. The standard InChI is InChI=1S/C15H22N2OS/c1-10-6-12(9-15(2,3)8-10)18-13-7-11(14(16)19)4-5-17-13/h4-5,7,10,12H,6,8-9H2,1-3H3,(H2,16,19). The molecule has 1 aromatic rings. The van der Waals surface area contributed by atoms with E-state index in [0.717, 1.165) is 18.4 Å². The Kier molecular flexibility index (Phi) is 4.09. The van der Waals surface area contributed by atoms with Crippen LogP contribution in [-0.4, -0.2) is 16.1 Å². The van der Waals surface area contributed by atoms with Gasteiger partial charge in [0.25, 0.3) is 0 Å². The molecule has 0 spiro atoms. The number of aromatic nitrogens is 1. The molecule has 2 unspecified atom stereocenters. The van der Waals surface area contributed by atoms with Gasteiger partial charge in [-0.1, -0.05) is 33.0 Å². The second kappa shape index (κ2) is 5.45. The number of nitrogens with zero attached hydrogens (tertiary/aromatic N) is 1. The second-order valence-corrected chi connectivity index (χ2v) is 6.84. The van der Waals surface area contributed by atoms with Crippen molar-refractivity contribution in [2.45, 2.75) is 46.1 Å². The average Bonchev–Trinajstić information content (AvgIpc) is 2.26. The Morgan fingerprint density at radius 1 is 1.47 bits per heavy atom. The maximum atomic E-state index is 6.03. The third-order valence-electron chi connectivity index (χ3n) is 3.65. The van der Waals surface area contributed by atoms with E-state index in [2.05, 4.69) is 25.8 Å². The number of rotatable bonds is 3. The molecule has 1 aliphatic rings. The van der Waals surface area contributed by atoms with Gasteiger partial charge in [-0.25, -0.2) is 4.98 Å². The molecule has 1 saturated carbocycles. The molecule has 2 rings (SSSR count). The Balaban J connectivity index is 2.08. The zero-order valence-corrected chi connectivity index (χ0v) is 12.7. The highest BCUT2D eigenvalue weighted by Crippen LogP contribution is 2.39. The summed E-state index contributed by atoms with van der Waals surface area (Å²) in [7, 11) is 0. The predicted octanol–water partition coefficient (Wildman–Crippen LogP) is 3.31. The summed E-state index contributed by atoms with van der Waals surface area (Å²) < 4.78 is 6.03. The van der Waals surface area contributed by atoms with Gasteiger partial charge in [0, 0.05) is 17.8 Å². The summed E-state index contributed by atoms with van der Waals surface area (Å²) in [6.45, 7) is 6.89. The molecule has 4 heteroatoms. The summed E-state index contributed by atoms with van der Waals surface area (Å²) in [6.07, 6.45) is 5.33. The van der Waals surface area contributed by atoms with Crippen LogP contribution >= 0.6 is 12.2 Å². The highest BCUT2D eigenvalue weighted by atomic mass is 32.1. The van der Waals surface area contributed by atoms with Gasteiger partial charge >= 0.3 is 0 Å². The van der Waals surface area contributed by atoms with E-state index in [4.69, 9.17) is 22.7 Å². The fourth-order valence-corrected chi connectivity index (χ4v) is 3.27. The lowest BCUT2D eigenvalue weighted by atomic mass is 9.71. The van der Waals surface area contributed by atoms with E-state index < -0.39 is 0 Å². The first-order valence-electron chi connectivity index (χ1n) is 6.78. The van der Waals surface area contributed by atoms with Crippen molar-refractivity contribution in [2.24, 2.45) is 17.1 Å². The van der Waals surface area contributed by atoms with Crippen molar-refractivity contribution in [1.82, 2.24) is 4.98 Å².